The van der Waals surface area contributed by atoms with Crippen molar-refractivity contribution >= 4 is 0 Å². The Morgan fingerprint density at radius 1 is 1.20 bits per heavy atom. The van der Waals surface area contributed by atoms with Crippen molar-refractivity contribution in [2.24, 2.45) is 0 Å². The molecular formula is C17H28FNO. The molecule has 0 aliphatic heterocycles. The van der Waals surface area contributed by atoms with E-state index in [1.54, 1.807) is 12.1 Å². The summed E-state index contributed by atoms with van der Waals surface area (Å²) < 4.78 is 18.7. The first-order valence-electron chi connectivity index (χ1n) is 7.77. The van der Waals surface area contributed by atoms with Crippen LogP contribution in [-0.2, 0) is 6.42 Å². The number of nitrogens with one attached hydrogen (secondary N) is 1. The zero-order valence-electron chi connectivity index (χ0n) is 13.0. The number of methoxy groups -OCH3 is 1. The van der Waals surface area contributed by atoms with Crippen LogP contribution >= 0.6 is 0 Å². The Morgan fingerprint density at radius 2 is 2.00 bits per heavy atom. The van der Waals surface area contributed by atoms with Gasteiger partial charge in [0.25, 0.3) is 0 Å². The van der Waals surface area contributed by atoms with Crippen LogP contribution in [0.25, 0.3) is 0 Å². The first-order chi connectivity index (χ1) is 9.71. The largest absolute Gasteiger partial charge is 0.494 e. The SMILES string of the molecule is CCCCCC(Cc1ccc(OC)c(F)c1)NCCC. The van der Waals surface area contributed by atoms with Crippen molar-refractivity contribution in [3.63, 3.8) is 0 Å². The van der Waals surface area contributed by atoms with Crippen molar-refractivity contribution in [3.8, 4) is 5.75 Å². The number of benzene rings is 1. The van der Waals surface area contributed by atoms with Gasteiger partial charge in [-0.15, -0.1) is 0 Å². The third-order valence-corrected chi connectivity index (χ3v) is 3.54. The number of hydrogen-bond donors (Lipinski definition) is 1. The highest BCUT2D eigenvalue weighted by atomic mass is 19.1. The summed E-state index contributed by atoms with van der Waals surface area (Å²) in [5.41, 5.74) is 1.04. The average molecular weight is 281 g/mol. The first-order valence-corrected chi connectivity index (χ1v) is 7.77. The van der Waals surface area contributed by atoms with Crippen molar-refractivity contribution in [2.75, 3.05) is 13.7 Å². The molecular weight excluding hydrogens is 253 g/mol. The van der Waals surface area contributed by atoms with Crippen LogP contribution in [0, 0.1) is 5.82 Å². The van der Waals surface area contributed by atoms with Gasteiger partial charge in [0, 0.05) is 6.04 Å². The van der Waals surface area contributed by atoms with Crippen LogP contribution in [-0.4, -0.2) is 19.7 Å². The van der Waals surface area contributed by atoms with Crippen molar-refractivity contribution in [1.29, 1.82) is 0 Å². The highest BCUT2D eigenvalue weighted by Crippen LogP contribution is 2.19. The molecule has 0 saturated heterocycles. The number of halogens is 1. The molecule has 0 aromatic heterocycles. The number of hydrogen-bond acceptors (Lipinski definition) is 2. The lowest BCUT2D eigenvalue weighted by molar-refractivity contribution is 0.385. The van der Waals surface area contributed by atoms with E-state index in [0.717, 1.165) is 31.4 Å². The van der Waals surface area contributed by atoms with Crippen LogP contribution in [0.3, 0.4) is 0 Å². The molecule has 1 rings (SSSR count). The maximum absolute atomic E-state index is 13.7. The lowest BCUT2D eigenvalue weighted by atomic mass is 10.00. The second-order valence-electron chi connectivity index (χ2n) is 5.32. The van der Waals surface area contributed by atoms with E-state index < -0.39 is 0 Å². The Morgan fingerprint density at radius 3 is 2.60 bits per heavy atom. The molecule has 1 atom stereocenters. The summed E-state index contributed by atoms with van der Waals surface area (Å²) in [7, 11) is 1.49. The molecule has 0 aliphatic rings. The molecule has 0 bridgehead atoms. The van der Waals surface area contributed by atoms with E-state index in [1.807, 2.05) is 6.07 Å². The lowest BCUT2D eigenvalue weighted by Crippen LogP contribution is -2.31. The summed E-state index contributed by atoms with van der Waals surface area (Å²) >= 11 is 0. The summed E-state index contributed by atoms with van der Waals surface area (Å²) in [4.78, 5) is 0. The number of rotatable bonds is 10. The van der Waals surface area contributed by atoms with E-state index in [1.165, 1.54) is 26.4 Å². The van der Waals surface area contributed by atoms with Crippen LogP contribution in [0.15, 0.2) is 18.2 Å². The predicted molar refractivity (Wildman–Crippen MR) is 82.9 cm³/mol. The highest BCUT2D eigenvalue weighted by molar-refractivity contribution is 5.29. The van der Waals surface area contributed by atoms with E-state index in [9.17, 15) is 4.39 Å². The van der Waals surface area contributed by atoms with Crippen molar-refractivity contribution < 1.29 is 9.13 Å². The molecule has 114 valence electrons. The van der Waals surface area contributed by atoms with Crippen LogP contribution < -0.4 is 10.1 Å². The molecule has 1 aromatic carbocycles. The smallest absolute Gasteiger partial charge is 0.165 e. The average Bonchev–Trinajstić information content (AvgIpc) is 2.45. The predicted octanol–water partition coefficient (Wildman–Crippen LogP) is 4.33. The molecule has 0 saturated carbocycles. The minimum absolute atomic E-state index is 0.271. The van der Waals surface area contributed by atoms with Crippen molar-refractivity contribution in [1.82, 2.24) is 5.32 Å². The fourth-order valence-electron chi connectivity index (χ4n) is 2.39. The van der Waals surface area contributed by atoms with E-state index in [2.05, 4.69) is 19.2 Å². The molecule has 20 heavy (non-hydrogen) atoms. The summed E-state index contributed by atoms with van der Waals surface area (Å²) in [5, 5.41) is 3.57. The number of ether oxygens (including phenoxy) is 1. The van der Waals surface area contributed by atoms with Gasteiger partial charge in [-0.25, -0.2) is 4.39 Å². The maximum atomic E-state index is 13.7. The van der Waals surface area contributed by atoms with Crippen molar-refractivity contribution in [2.45, 2.75) is 58.4 Å². The fraction of sp³-hybridized carbons (Fsp3) is 0.647. The van der Waals surface area contributed by atoms with E-state index in [4.69, 9.17) is 4.74 Å². The highest BCUT2D eigenvalue weighted by Gasteiger charge is 2.10. The normalized spacial score (nSPS) is 12.4. The molecule has 0 amide bonds. The van der Waals surface area contributed by atoms with Gasteiger partial charge in [0.1, 0.15) is 0 Å². The molecule has 0 spiro atoms. The third-order valence-electron chi connectivity index (χ3n) is 3.54. The minimum Gasteiger partial charge on any atom is -0.494 e. The van der Waals surface area contributed by atoms with Gasteiger partial charge in [0.05, 0.1) is 7.11 Å². The lowest BCUT2D eigenvalue weighted by Gasteiger charge is -2.19. The monoisotopic (exact) mass is 281 g/mol. The molecule has 0 radical (unpaired) electrons. The summed E-state index contributed by atoms with van der Waals surface area (Å²) in [6, 6.07) is 5.71. The second kappa shape index (κ2) is 9.76. The van der Waals surface area contributed by atoms with Gasteiger partial charge >= 0.3 is 0 Å². The zero-order chi connectivity index (χ0) is 14.8. The maximum Gasteiger partial charge on any atom is 0.165 e. The van der Waals surface area contributed by atoms with Gasteiger partial charge in [-0.1, -0.05) is 39.2 Å². The van der Waals surface area contributed by atoms with Crippen LogP contribution in [0.2, 0.25) is 0 Å². The van der Waals surface area contributed by atoms with E-state index in [-0.39, 0.29) is 5.82 Å². The van der Waals surface area contributed by atoms with Crippen molar-refractivity contribution in [3.05, 3.63) is 29.6 Å². The number of unbranched alkanes of at least 4 members (excludes halogenated alkanes) is 2. The van der Waals surface area contributed by atoms with Gasteiger partial charge in [-0.3, -0.25) is 0 Å². The Balaban J connectivity index is 2.60. The first kappa shape index (κ1) is 17.0. The Hall–Kier alpha value is -1.09. The van der Waals surface area contributed by atoms with Gasteiger partial charge in [0.15, 0.2) is 11.6 Å². The standard InChI is InChI=1S/C17H28FNO/c1-4-6-7-8-15(19-11-5-2)12-14-9-10-17(20-3)16(18)13-14/h9-10,13,15,19H,4-8,11-12H2,1-3H3. The molecule has 0 heterocycles. The quantitative estimate of drug-likeness (QED) is 0.645. The van der Waals surface area contributed by atoms with Gasteiger partial charge in [-0.2, -0.15) is 0 Å². The molecule has 3 heteroatoms. The minimum atomic E-state index is -0.271. The summed E-state index contributed by atoms with van der Waals surface area (Å²) in [6.07, 6.45) is 6.89. The molecule has 1 unspecified atom stereocenters. The van der Waals surface area contributed by atoms with Crippen LogP contribution in [0.1, 0.15) is 51.5 Å². The van der Waals surface area contributed by atoms with E-state index >= 15 is 0 Å². The molecule has 1 aromatic rings. The van der Waals surface area contributed by atoms with Crippen LogP contribution in [0.4, 0.5) is 4.39 Å². The molecule has 0 fully saturated rings. The van der Waals surface area contributed by atoms with Gasteiger partial charge < -0.3 is 10.1 Å². The van der Waals surface area contributed by atoms with Gasteiger partial charge in [0.2, 0.25) is 0 Å². The second-order valence-corrected chi connectivity index (χ2v) is 5.32. The zero-order valence-corrected chi connectivity index (χ0v) is 13.0. The molecule has 2 nitrogen and oxygen atoms in total. The summed E-state index contributed by atoms with van der Waals surface area (Å²) in [5.74, 6) is 0.0469. The Labute approximate surface area is 122 Å². The van der Waals surface area contributed by atoms with Crippen LogP contribution in [0.5, 0.6) is 5.75 Å². The Bertz CT molecular complexity index is 381. The molecule has 1 N–H and O–H groups in total. The third kappa shape index (κ3) is 5.91. The Kier molecular flexibility index (Phi) is 8.28. The summed E-state index contributed by atoms with van der Waals surface area (Å²) in [6.45, 7) is 5.41. The topological polar surface area (TPSA) is 21.3 Å². The molecule has 0 aliphatic carbocycles. The van der Waals surface area contributed by atoms with Gasteiger partial charge in [-0.05, 0) is 43.5 Å². The van der Waals surface area contributed by atoms with E-state index in [0.29, 0.717) is 11.8 Å². The fourth-order valence-corrected chi connectivity index (χ4v) is 2.39.